The van der Waals surface area contributed by atoms with Crippen LogP contribution in [0.4, 0.5) is 0 Å². The topological polar surface area (TPSA) is 71.7 Å². The normalized spacial score (nSPS) is 22.7. The zero-order valence-electron chi connectivity index (χ0n) is 13.1. The number of aryl methyl sites for hydroxylation is 1. The van der Waals surface area contributed by atoms with Crippen molar-refractivity contribution in [3.05, 3.63) is 16.1 Å². The number of nitrogens with zero attached hydrogens (tertiary/aromatic N) is 3. The third-order valence-electron chi connectivity index (χ3n) is 4.52. The summed E-state index contributed by atoms with van der Waals surface area (Å²) >= 11 is 1.69. The van der Waals surface area contributed by atoms with Crippen LogP contribution in [0.3, 0.4) is 0 Å². The van der Waals surface area contributed by atoms with E-state index in [9.17, 15) is 4.79 Å². The van der Waals surface area contributed by atoms with E-state index in [0.29, 0.717) is 26.1 Å². The van der Waals surface area contributed by atoms with Gasteiger partial charge in [-0.25, -0.2) is 4.98 Å². The number of hydrogen-bond donors (Lipinski definition) is 1. The third-order valence-corrected chi connectivity index (χ3v) is 5.34. The van der Waals surface area contributed by atoms with Crippen LogP contribution in [-0.2, 0) is 16.1 Å². The average Bonchev–Trinajstić information content (AvgIpc) is 2.93. The van der Waals surface area contributed by atoms with Crippen LogP contribution in [0.25, 0.3) is 0 Å². The van der Waals surface area contributed by atoms with Crippen molar-refractivity contribution in [3.63, 3.8) is 0 Å². The summed E-state index contributed by atoms with van der Waals surface area (Å²) in [5.41, 5.74) is 6.71. The summed E-state index contributed by atoms with van der Waals surface area (Å²) in [6, 6.07) is 0. The summed E-state index contributed by atoms with van der Waals surface area (Å²) in [6.07, 6.45) is 1.26. The Morgan fingerprint density at radius 2 is 2.05 bits per heavy atom. The van der Waals surface area contributed by atoms with Crippen LogP contribution in [0.15, 0.2) is 5.38 Å². The number of piperazine rings is 1. The van der Waals surface area contributed by atoms with Gasteiger partial charge in [0, 0.05) is 51.3 Å². The molecule has 0 spiro atoms. The molecule has 2 N–H and O–H groups in total. The van der Waals surface area contributed by atoms with E-state index in [0.717, 1.165) is 43.4 Å². The molecule has 2 aliphatic rings. The SMILES string of the molecule is Cc1nc(CN2CCN(C(=O)C3(N)CCOCC3)CC2)cs1. The number of carbonyl (C=O) groups excluding carboxylic acids is 1. The minimum Gasteiger partial charge on any atom is -0.381 e. The highest BCUT2D eigenvalue weighted by atomic mass is 32.1. The van der Waals surface area contributed by atoms with Gasteiger partial charge < -0.3 is 15.4 Å². The average molecular weight is 324 g/mol. The minimum atomic E-state index is -0.716. The molecule has 0 aromatic carbocycles. The fourth-order valence-electron chi connectivity index (χ4n) is 3.08. The van der Waals surface area contributed by atoms with Gasteiger partial charge in [-0.1, -0.05) is 0 Å². The number of carbonyl (C=O) groups is 1. The minimum absolute atomic E-state index is 0.0972. The number of rotatable bonds is 3. The molecule has 0 bridgehead atoms. The highest BCUT2D eigenvalue weighted by molar-refractivity contribution is 7.09. The highest BCUT2D eigenvalue weighted by Crippen LogP contribution is 2.21. The lowest BCUT2D eigenvalue weighted by Gasteiger charge is -2.40. The van der Waals surface area contributed by atoms with Crippen LogP contribution in [0.1, 0.15) is 23.5 Å². The van der Waals surface area contributed by atoms with Gasteiger partial charge in [0.25, 0.3) is 0 Å². The molecule has 0 radical (unpaired) electrons. The first kappa shape index (κ1) is 15.9. The van der Waals surface area contributed by atoms with Crippen molar-refractivity contribution in [2.45, 2.75) is 31.8 Å². The second-order valence-electron chi connectivity index (χ2n) is 6.19. The van der Waals surface area contributed by atoms with Gasteiger partial charge in [0.2, 0.25) is 5.91 Å². The van der Waals surface area contributed by atoms with Crippen LogP contribution in [0.2, 0.25) is 0 Å². The van der Waals surface area contributed by atoms with E-state index in [1.807, 2.05) is 11.8 Å². The highest BCUT2D eigenvalue weighted by Gasteiger charge is 2.39. The molecular formula is C15H24N4O2S. The van der Waals surface area contributed by atoms with Crippen molar-refractivity contribution in [2.24, 2.45) is 5.73 Å². The maximum Gasteiger partial charge on any atom is 0.242 e. The zero-order valence-corrected chi connectivity index (χ0v) is 13.9. The molecule has 3 heterocycles. The molecule has 1 amide bonds. The Balaban J connectivity index is 1.51. The van der Waals surface area contributed by atoms with E-state index in [-0.39, 0.29) is 5.91 Å². The molecule has 122 valence electrons. The van der Waals surface area contributed by atoms with Crippen LogP contribution < -0.4 is 5.73 Å². The number of thiazole rings is 1. The monoisotopic (exact) mass is 324 g/mol. The van der Waals surface area contributed by atoms with E-state index in [1.54, 1.807) is 11.3 Å². The van der Waals surface area contributed by atoms with Gasteiger partial charge >= 0.3 is 0 Å². The lowest BCUT2D eigenvalue weighted by atomic mass is 9.89. The van der Waals surface area contributed by atoms with E-state index in [2.05, 4.69) is 15.3 Å². The summed E-state index contributed by atoms with van der Waals surface area (Å²) in [7, 11) is 0. The molecule has 3 rings (SSSR count). The molecule has 1 aromatic rings. The summed E-state index contributed by atoms with van der Waals surface area (Å²) in [6.45, 7) is 7.34. The lowest BCUT2D eigenvalue weighted by Crippen LogP contribution is -2.61. The van der Waals surface area contributed by atoms with Gasteiger partial charge in [0.1, 0.15) is 0 Å². The van der Waals surface area contributed by atoms with Crippen LogP contribution in [0, 0.1) is 6.92 Å². The van der Waals surface area contributed by atoms with Gasteiger partial charge in [-0.2, -0.15) is 0 Å². The summed E-state index contributed by atoms with van der Waals surface area (Å²) in [4.78, 5) is 21.4. The van der Waals surface area contributed by atoms with Crippen molar-refractivity contribution in [1.29, 1.82) is 0 Å². The Morgan fingerprint density at radius 1 is 1.36 bits per heavy atom. The summed E-state index contributed by atoms with van der Waals surface area (Å²) in [5.74, 6) is 0.0972. The Morgan fingerprint density at radius 3 is 2.64 bits per heavy atom. The first-order valence-electron chi connectivity index (χ1n) is 7.86. The zero-order chi connectivity index (χ0) is 15.6. The number of ether oxygens (including phenoxy) is 1. The van der Waals surface area contributed by atoms with Gasteiger partial charge in [-0.15, -0.1) is 11.3 Å². The van der Waals surface area contributed by atoms with Crippen LogP contribution in [-0.4, -0.2) is 65.6 Å². The van der Waals surface area contributed by atoms with Crippen LogP contribution >= 0.6 is 11.3 Å². The van der Waals surface area contributed by atoms with Gasteiger partial charge in [-0.3, -0.25) is 9.69 Å². The Labute approximate surface area is 135 Å². The maximum absolute atomic E-state index is 12.7. The van der Waals surface area contributed by atoms with Gasteiger partial charge in [0.05, 0.1) is 16.2 Å². The summed E-state index contributed by atoms with van der Waals surface area (Å²) in [5, 5.41) is 3.22. The summed E-state index contributed by atoms with van der Waals surface area (Å²) < 4.78 is 5.32. The second kappa shape index (κ2) is 6.62. The Bertz CT molecular complexity index is 519. The van der Waals surface area contributed by atoms with E-state index in [4.69, 9.17) is 10.5 Å². The van der Waals surface area contributed by atoms with Crippen molar-refractivity contribution < 1.29 is 9.53 Å². The van der Waals surface area contributed by atoms with Gasteiger partial charge in [0.15, 0.2) is 0 Å². The molecule has 2 saturated heterocycles. The molecule has 0 unspecified atom stereocenters. The van der Waals surface area contributed by atoms with E-state index < -0.39 is 5.54 Å². The molecule has 2 aliphatic heterocycles. The smallest absolute Gasteiger partial charge is 0.242 e. The lowest BCUT2D eigenvalue weighted by molar-refractivity contribution is -0.142. The first-order valence-corrected chi connectivity index (χ1v) is 8.74. The molecule has 22 heavy (non-hydrogen) atoms. The standard InChI is InChI=1S/C15H24N4O2S/c1-12-17-13(11-22-12)10-18-4-6-19(7-5-18)14(20)15(16)2-8-21-9-3-15/h11H,2-10,16H2,1H3. The fraction of sp³-hybridized carbons (Fsp3) is 0.733. The van der Waals surface area contributed by atoms with Crippen molar-refractivity contribution in [1.82, 2.24) is 14.8 Å². The molecule has 0 aliphatic carbocycles. The molecular weight excluding hydrogens is 300 g/mol. The predicted molar refractivity (Wildman–Crippen MR) is 85.7 cm³/mol. The molecule has 0 saturated carbocycles. The Kier molecular flexibility index (Phi) is 4.77. The largest absolute Gasteiger partial charge is 0.381 e. The van der Waals surface area contributed by atoms with Gasteiger partial charge in [-0.05, 0) is 19.8 Å². The quantitative estimate of drug-likeness (QED) is 0.882. The molecule has 0 atom stereocenters. The molecule has 7 heteroatoms. The van der Waals surface area contributed by atoms with Crippen molar-refractivity contribution in [2.75, 3.05) is 39.4 Å². The second-order valence-corrected chi connectivity index (χ2v) is 7.26. The first-order chi connectivity index (χ1) is 10.6. The number of nitrogens with two attached hydrogens (primary N) is 1. The Hall–Kier alpha value is -1.02. The number of aromatic nitrogens is 1. The predicted octanol–water partition coefficient (Wildman–Crippen LogP) is 0.604. The third kappa shape index (κ3) is 3.48. The van der Waals surface area contributed by atoms with E-state index in [1.165, 1.54) is 0 Å². The number of amides is 1. The number of hydrogen-bond acceptors (Lipinski definition) is 6. The van der Waals surface area contributed by atoms with Crippen molar-refractivity contribution >= 4 is 17.2 Å². The fourth-order valence-corrected chi connectivity index (χ4v) is 3.69. The van der Waals surface area contributed by atoms with Crippen LogP contribution in [0.5, 0.6) is 0 Å². The molecule has 6 nitrogen and oxygen atoms in total. The molecule has 1 aromatic heterocycles. The maximum atomic E-state index is 12.7. The van der Waals surface area contributed by atoms with Crippen molar-refractivity contribution in [3.8, 4) is 0 Å². The molecule has 2 fully saturated rings. The van der Waals surface area contributed by atoms with E-state index >= 15 is 0 Å².